The van der Waals surface area contributed by atoms with Gasteiger partial charge in [0.15, 0.2) is 0 Å². The lowest BCUT2D eigenvalue weighted by Crippen LogP contribution is -1.98. The number of hydrogen-bond acceptors (Lipinski definition) is 3. The van der Waals surface area contributed by atoms with Crippen LogP contribution in [0.25, 0.3) is 0 Å². The van der Waals surface area contributed by atoms with Gasteiger partial charge in [-0.1, -0.05) is 38.1 Å². The van der Waals surface area contributed by atoms with Crippen LogP contribution in [-0.4, -0.2) is 7.11 Å². The number of rotatable bonds is 5. The molecule has 20 heavy (non-hydrogen) atoms. The third kappa shape index (κ3) is 3.44. The Labute approximate surface area is 120 Å². The molecule has 0 unspecified atom stereocenters. The van der Waals surface area contributed by atoms with E-state index in [0.29, 0.717) is 24.0 Å². The van der Waals surface area contributed by atoms with Gasteiger partial charge in [0, 0.05) is 6.07 Å². The first kappa shape index (κ1) is 14.3. The Kier molecular flexibility index (Phi) is 4.51. The van der Waals surface area contributed by atoms with E-state index in [1.54, 1.807) is 13.2 Å². The van der Waals surface area contributed by atoms with Crippen molar-refractivity contribution in [2.45, 2.75) is 26.4 Å². The molecule has 0 aromatic heterocycles. The van der Waals surface area contributed by atoms with Gasteiger partial charge in [-0.05, 0) is 29.2 Å². The first-order chi connectivity index (χ1) is 9.60. The van der Waals surface area contributed by atoms with Crippen molar-refractivity contribution in [3.8, 4) is 11.5 Å². The fourth-order valence-corrected chi connectivity index (χ4v) is 1.97. The Morgan fingerprint density at radius 3 is 2.30 bits per heavy atom. The Morgan fingerprint density at radius 1 is 1.05 bits per heavy atom. The molecule has 2 aromatic rings. The summed E-state index contributed by atoms with van der Waals surface area (Å²) >= 11 is 0. The van der Waals surface area contributed by atoms with Crippen LogP contribution in [0.15, 0.2) is 42.5 Å². The first-order valence-electron chi connectivity index (χ1n) is 6.75. The van der Waals surface area contributed by atoms with Crippen LogP contribution in [0.1, 0.15) is 30.9 Å². The minimum atomic E-state index is 0.532. The van der Waals surface area contributed by atoms with Crippen LogP contribution < -0.4 is 15.2 Å². The van der Waals surface area contributed by atoms with E-state index in [2.05, 4.69) is 38.1 Å². The molecule has 0 fully saturated rings. The summed E-state index contributed by atoms with van der Waals surface area (Å²) in [5.41, 5.74) is 8.91. The van der Waals surface area contributed by atoms with Gasteiger partial charge < -0.3 is 15.2 Å². The monoisotopic (exact) mass is 271 g/mol. The lowest BCUT2D eigenvalue weighted by molar-refractivity contribution is 0.305. The molecule has 0 heterocycles. The molecule has 0 radical (unpaired) electrons. The maximum atomic E-state index is 5.85. The first-order valence-corrected chi connectivity index (χ1v) is 6.75. The molecule has 0 aliphatic heterocycles. The third-order valence-electron chi connectivity index (χ3n) is 3.25. The van der Waals surface area contributed by atoms with Gasteiger partial charge in [-0.2, -0.15) is 0 Å². The summed E-state index contributed by atoms with van der Waals surface area (Å²) in [4.78, 5) is 0. The van der Waals surface area contributed by atoms with Crippen molar-refractivity contribution in [1.82, 2.24) is 0 Å². The molecule has 0 aliphatic rings. The van der Waals surface area contributed by atoms with Crippen LogP contribution >= 0.6 is 0 Å². The van der Waals surface area contributed by atoms with E-state index in [9.17, 15) is 0 Å². The van der Waals surface area contributed by atoms with Crippen LogP contribution in [0.2, 0.25) is 0 Å². The topological polar surface area (TPSA) is 44.5 Å². The standard InChI is InChI=1S/C17H21NO2/c1-12(2)14-6-4-13(5-7-14)11-20-15-8-9-17(19-3)16(18)10-15/h4-10,12H,11,18H2,1-3H3. The molecule has 0 saturated heterocycles. The minimum Gasteiger partial charge on any atom is -0.495 e. The Bertz CT molecular complexity index is 562. The number of hydrogen-bond donors (Lipinski definition) is 1. The lowest BCUT2D eigenvalue weighted by Gasteiger charge is -2.10. The molecular weight excluding hydrogens is 250 g/mol. The SMILES string of the molecule is COc1ccc(OCc2ccc(C(C)C)cc2)cc1N. The van der Waals surface area contributed by atoms with Gasteiger partial charge in [-0.25, -0.2) is 0 Å². The van der Waals surface area contributed by atoms with Gasteiger partial charge in [0.25, 0.3) is 0 Å². The van der Waals surface area contributed by atoms with E-state index in [1.165, 1.54) is 5.56 Å². The predicted molar refractivity (Wildman–Crippen MR) is 82.3 cm³/mol. The fraction of sp³-hybridized carbons (Fsp3) is 0.294. The zero-order valence-electron chi connectivity index (χ0n) is 12.2. The molecule has 2 aromatic carbocycles. The molecule has 2 rings (SSSR count). The number of benzene rings is 2. The van der Waals surface area contributed by atoms with Gasteiger partial charge in [-0.3, -0.25) is 0 Å². The summed E-state index contributed by atoms with van der Waals surface area (Å²) in [7, 11) is 1.60. The van der Waals surface area contributed by atoms with Gasteiger partial charge in [0.05, 0.1) is 12.8 Å². The van der Waals surface area contributed by atoms with E-state index in [0.717, 1.165) is 11.3 Å². The van der Waals surface area contributed by atoms with Crippen LogP contribution in [0.5, 0.6) is 11.5 Å². The molecule has 2 N–H and O–H groups in total. The van der Waals surface area contributed by atoms with E-state index >= 15 is 0 Å². The molecule has 0 bridgehead atoms. The minimum absolute atomic E-state index is 0.532. The highest BCUT2D eigenvalue weighted by atomic mass is 16.5. The van der Waals surface area contributed by atoms with E-state index in [4.69, 9.17) is 15.2 Å². The molecule has 0 aliphatic carbocycles. The van der Waals surface area contributed by atoms with Gasteiger partial charge in [0.1, 0.15) is 18.1 Å². The predicted octanol–water partition coefficient (Wildman–Crippen LogP) is 3.98. The molecular formula is C17H21NO2. The maximum Gasteiger partial charge on any atom is 0.142 e. The summed E-state index contributed by atoms with van der Waals surface area (Å²) < 4.78 is 10.9. The van der Waals surface area contributed by atoms with Crippen LogP contribution in [0, 0.1) is 0 Å². The zero-order valence-corrected chi connectivity index (χ0v) is 12.2. The van der Waals surface area contributed by atoms with Crippen molar-refractivity contribution >= 4 is 5.69 Å². The fourth-order valence-electron chi connectivity index (χ4n) is 1.97. The van der Waals surface area contributed by atoms with E-state index in [-0.39, 0.29) is 0 Å². The summed E-state index contributed by atoms with van der Waals surface area (Å²) in [6.45, 7) is 4.90. The van der Waals surface area contributed by atoms with Crippen LogP contribution in [-0.2, 0) is 6.61 Å². The Hall–Kier alpha value is -2.16. The average Bonchev–Trinajstić information content (AvgIpc) is 2.45. The number of methoxy groups -OCH3 is 1. The van der Waals surface area contributed by atoms with Gasteiger partial charge in [0.2, 0.25) is 0 Å². The molecule has 3 heteroatoms. The highest BCUT2D eigenvalue weighted by Gasteiger charge is 2.03. The van der Waals surface area contributed by atoms with Crippen molar-refractivity contribution in [2.75, 3.05) is 12.8 Å². The summed E-state index contributed by atoms with van der Waals surface area (Å²) in [6, 6.07) is 13.9. The largest absolute Gasteiger partial charge is 0.495 e. The summed E-state index contributed by atoms with van der Waals surface area (Å²) in [5, 5.41) is 0. The second kappa shape index (κ2) is 6.33. The normalized spacial score (nSPS) is 10.6. The van der Waals surface area contributed by atoms with Gasteiger partial charge >= 0.3 is 0 Å². The average molecular weight is 271 g/mol. The smallest absolute Gasteiger partial charge is 0.142 e. The van der Waals surface area contributed by atoms with E-state index < -0.39 is 0 Å². The maximum absolute atomic E-state index is 5.85. The van der Waals surface area contributed by atoms with E-state index in [1.807, 2.05) is 12.1 Å². The van der Waals surface area contributed by atoms with Crippen molar-refractivity contribution in [1.29, 1.82) is 0 Å². The van der Waals surface area contributed by atoms with Crippen LogP contribution in [0.3, 0.4) is 0 Å². The lowest BCUT2D eigenvalue weighted by atomic mass is 10.0. The Morgan fingerprint density at radius 2 is 1.75 bits per heavy atom. The molecule has 0 amide bonds. The molecule has 0 spiro atoms. The highest BCUT2D eigenvalue weighted by Crippen LogP contribution is 2.26. The molecule has 106 valence electrons. The number of ether oxygens (including phenoxy) is 2. The number of anilines is 1. The Balaban J connectivity index is 1.99. The van der Waals surface area contributed by atoms with Crippen LogP contribution in [0.4, 0.5) is 5.69 Å². The number of nitrogen functional groups attached to an aromatic ring is 1. The third-order valence-corrected chi connectivity index (χ3v) is 3.25. The van der Waals surface area contributed by atoms with Crippen molar-refractivity contribution in [3.63, 3.8) is 0 Å². The van der Waals surface area contributed by atoms with Crippen molar-refractivity contribution in [2.24, 2.45) is 0 Å². The van der Waals surface area contributed by atoms with Crippen molar-refractivity contribution < 1.29 is 9.47 Å². The molecule has 3 nitrogen and oxygen atoms in total. The van der Waals surface area contributed by atoms with Crippen molar-refractivity contribution in [3.05, 3.63) is 53.6 Å². The molecule has 0 atom stereocenters. The second-order valence-corrected chi connectivity index (χ2v) is 5.09. The zero-order chi connectivity index (χ0) is 14.5. The molecule has 0 saturated carbocycles. The second-order valence-electron chi connectivity index (χ2n) is 5.09. The summed E-state index contributed by atoms with van der Waals surface area (Å²) in [5.74, 6) is 1.96. The highest BCUT2D eigenvalue weighted by molar-refractivity contribution is 5.56. The van der Waals surface area contributed by atoms with Gasteiger partial charge in [-0.15, -0.1) is 0 Å². The number of nitrogens with two attached hydrogens (primary N) is 1. The quantitative estimate of drug-likeness (QED) is 0.836. The summed E-state index contributed by atoms with van der Waals surface area (Å²) in [6.07, 6.45) is 0.